The third-order valence-electron chi connectivity index (χ3n) is 3.09. The zero-order valence-corrected chi connectivity index (χ0v) is 11.0. The molecule has 1 aromatic carbocycles. The molecule has 1 aliphatic rings. The van der Waals surface area contributed by atoms with E-state index in [2.05, 4.69) is 10.3 Å². The number of benzene rings is 1. The first-order chi connectivity index (χ1) is 8.75. The lowest BCUT2D eigenvalue weighted by atomic mass is 10.1. The molecule has 1 heterocycles. The molecule has 0 aliphatic heterocycles. The van der Waals surface area contributed by atoms with Gasteiger partial charge in [-0.1, -0.05) is 29.8 Å². The van der Waals surface area contributed by atoms with E-state index in [0.717, 1.165) is 17.0 Å². The van der Waals surface area contributed by atoms with Crippen molar-refractivity contribution in [2.45, 2.75) is 12.3 Å². The van der Waals surface area contributed by atoms with E-state index in [-0.39, 0.29) is 17.7 Å². The van der Waals surface area contributed by atoms with Crippen LogP contribution in [0.4, 0.5) is 5.13 Å². The second-order valence-electron chi connectivity index (χ2n) is 4.30. The summed E-state index contributed by atoms with van der Waals surface area (Å²) in [6.45, 7) is 0. The first kappa shape index (κ1) is 11.7. The highest BCUT2D eigenvalue weighted by molar-refractivity contribution is 7.13. The number of aromatic nitrogens is 1. The molecule has 0 bridgehead atoms. The Morgan fingerprint density at radius 2 is 2.28 bits per heavy atom. The molecule has 0 radical (unpaired) electrons. The zero-order valence-electron chi connectivity index (χ0n) is 9.47. The minimum atomic E-state index is 0.0220. The molecule has 5 heteroatoms. The van der Waals surface area contributed by atoms with E-state index in [1.807, 2.05) is 29.6 Å². The van der Waals surface area contributed by atoms with Gasteiger partial charge >= 0.3 is 0 Å². The summed E-state index contributed by atoms with van der Waals surface area (Å²) < 4.78 is 0. The Kier molecular flexibility index (Phi) is 3.06. The van der Waals surface area contributed by atoms with Crippen LogP contribution < -0.4 is 5.32 Å². The van der Waals surface area contributed by atoms with Gasteiger partial charge in [-0.05, 0) is 24.0 Å². The molecule has 1 amide bonds. The SMILES string of the molecule is O=C(Nc1nccs1)[C@H]1C[C@@H]1c1ccccc1Cl. The third-order valence-corrected chi connectivity index (χ3v) is 4.13. The standard InChI is InChI=1S/C13H11ClN2OS/c14-11-4-2-1-3-8(11)9-7-10(9)12(17)16-13-15-5-6-18-13/h1-6,9-10H,7H2,(H,15,16,17)/t9-,10+/m1/s1. The van der Waals surface area contributed by atoms with Crippen molar-refractivity contribution in [3.63, 3.8) is 0 Å². The van der Waals surface area contributed by atoms with Crippen LogP contribution in [0.25, 0.3) is 0 Å². The van der Waals surface area contributed by atoms with Crippen LogP contribution in [0, 0.1) is 5.92 Å². The molecule has 1 aromatic heterocycles. The molecule has 1 fully saturated rings. The molecular weight excluding hydrogens is 268 g/mol. The summed E-state index contributed by atoms with van der Waals surface area (Å²) in [5, 5.41) is 6.07. The lowest BCUT2D eigenvalue weighted by molar-refractivity contribution is -0.117. The van der Waals surface area contributed by atoms with Gasteiger partial charge in [0.1, 0.15) is 0 Å². The minimum absolute atomic E-state index is 0.0220. The highest BCUT2D eigenvalue weighted by Gasteiger charge is 2.44. The number of hydrogen-bond donors (Lipinski definition) is 1. The van der Waals surface area contributed by atoms with Gasteiger partial charge in [-0.25, -0.2) is 4.98 Å². The van der Waals surface area contributed by atoms with Crippen molar-refractivity contribution in [2.75, 3.05) is 5.32 Å². The topological polar surface area (TPSA) is 42.0 Å². The van der Waals surface area contributed by atoms with E-state index >= 15 is 0 Å². The fourth-order valence-corrected chi connectivity index (χ4v) is 2.90. The second-order valence-corrected chi connectivity index (χ2v) is 5.60. The van der Waals surface area contributed by atoms with Crippen LogP contribution >= 0.6 is 22.9 Å². The smallest absolute Gasteiger partial charge is 0.229 e. The molecule has 1 N–H and O–H groups in total. The van der Waals surface area contributed by atoms with E-state index in [1.54, 1.807) is 6.20 Å². The number of anilines is 1. The van der Waals surface area contributed by atoms with Crippen LogP contribution in [-0.2, 0) is 4.79 Å². The van der Waals surface area contributed by atoms with Crippen LogP contribution in [0.3, 0.4) is 0 Å². The molecule has 92 valence electrons. The van der Waals surface area contributed by atoms with E-state index in [9.17, 15) is 4.79 Å². The lowest BCUT2D eigenvalue weighted by Crippen LogP contribution is -2.14. The number of thiazole rings is 1. The van der Waals surface area contributed by atoms with Crippen molar-refractivity contribution >= 4 is 34.0 Å². The Morgan fingerprint density at radius 1 is 1.44 bits per heavy atom. The maximum Gasteiger partial charge on any atom is 0.229 e. The largest absolute Gasteiger partial charge is 0.302 e. The average molecular weight is 279 g/mol. The van der Waals surface area contributed by atoms with Gasteiger partial charge in [-0.3, -0.25) is 4.79 Å². The highest BCUT2D eigenvalue weighted by atomic mass is 35.5. The van der Waals surface area contributed by atoms with Gasteiger partial charge in [0.2, 0.25) is 5.91 Å². The van der Waals surface area contributed by atoms with Gasteiger partial charge in [0, 0.05) is 22.5 Å². The van der Waals surface area contributed by atoms with E-state index in [4.69, 9.17) is 11.6 Å². The van der Waals surface area contributed by atoms with Crippen LogP contribution in [0.5, 0.6) is 0 Å². The van der Waals surface area contributed by atoms with Gasteiger partial charge in [0.05, 0.1) is 0 Å². The maximum atomic E-state index is 12.0. The molecule has 0 spiro atoms. The third kappa shape index (κ3) is 2.26. The summed E-state index contributed by atoms with van der Waals surface area (Å²) in [7, 11) is 0. The average Bonchev–Trinajstić information content (AvgIpc) is 3.00. The van der Waals surface area contributed by atoms with Crippen molar-refractivity contribution in [1.29, 1.82) is 0 Å². The highest BCUT2D eigenvalue weighted by Crippen LogP contribution is 2.49. The van der Waals surface area contributed by atoms with Crippen molar-refractivity contribution in [3.8, 4) is 0 Å². The first-order valence-corrected chi connectivity index (χ1v) is 6.96. The predicted molar refractivity (Wildman–Crippen MR) is 73.0 cm³/mol. The zero-order chi connectivity index (χ0) is 12.5. The predicted octanol–water partition coefficient (Wildman–Crippen LogP) is 3.54. The van der Waals surface area contributed by atoms with Crippen LogP contribution in [0.15, 0.2) is 35.8 Å². The van der Waals surface area contributed by atoms with Gasteiger partial charge in [-0.15, -0.1) is 11.3 Å². The molecule has 0 saturated heterocycles. The van der Waals surface area contributed by atoms with E-state index in [1.165, 1.54) is 11.3 Å². The number of carbonyl (C=O) groups excluding carboxylic acids is 1. The number of rotatable bonds is 3. The van der Waals surface area contributed by atoms with Crippen molar-refractivity contribution in [2.24, 2.45) is 5.92 Å². The first-order valence-electron chi connectivity index (χ1n) is 5.70. The Hall–Kier alpha value is -1.39. The van der Waals surface area contributed by atoms with Gasteiger partial charge < -0.3 is 5.32 Å². The van der Waals surface area contributed by atoms with Crippen LogP contribution in [-0.4, -0.2) is 10.9 Å². The summed E-state index contributed by atoms with van der Waals surface area (Å²) in [5.74, 6) is 0.308. The maximum absolute atomic E-state index is 12.0. The fraction of sp³-hybridized carbons (Fsp3) is 0.231. The second kappa shape index (κ2) is 4.71. The number of amides is 1. The summed E-state index contributed by atoms with van der Waals surface area (Å²) in [6.07, 6.45) is 2.54. The summed E-state index contributed by atoms with van der Waals surface area (Å²) in [6, 6.07) is 7.71. The molecule has 1 aliphatic carbocycles. The quantitative estimate of drug-likeness (QED) is 0.933. The number of nitrogens with zero attached hydrogens (tertiary/aromatic N) is 1. The van der Waals surface area contributed by atoms with Crippen LogP contribution in [0.1, 0.15) is 17.9 Å². The number of carbonyl (C=O) groups is 1. The van der Waals surface area contributed by atoms with Crippen molar-refractivity contribution < 1.29 is 4.79 Å². The van der Waals surface area contributed by atoms with Crippen molar-refractivity contribution in [1.82, 2.24) is 4.98 Å². The molecule has 0 unspecified atom stereocenters. The minimum Gasteiger partial charge on any atom is -0.302 e. The molecule has 18 heavy (non-hydrogen) atoms. The van der Waals surface area contributed by atoms with Crippen LogP contribution in [0.2, 0.25) is 5.02 Å². The molecule has 1 saturated carbocycles. The number of hydrogen-bond acceptors (Lipinski definition) is 3. The Bertz CT molecular complexity index is 570. The summed E-state index contributed by atoms with van der Waals surface area (Å²) in [4.78, 5) is 16.0. The van der Waals surface area contributed by atoms with Crippen molar-refractivity contribution in [3.05, 3.63) is 46.4 Å². The normalized spacial score (nSPS) is 21.6. The molecule has 3 rings (SSSR count). The van der Waals surface area contributed by atoms with E-state index < -0.39 is 0 Å². The Morgan fingerprint density at radius 3 is 3.00 bits per heavy atom. The fourth-order valence-electron chi connectivity index (χ4n) is 2.09. The van der Waals surface area contributed by atoms with Gasteiger partial charge in [-0.2, -0.15) is 0 Å². The van der Waals surface area contributed by atoms with Gasteiger partial charge in [0.25, 0.3) is 0 Å². The van der Waals surface area contributed by atoms with E-state index in [0.29, 0.717) is 5.13 Å². The number of nitrogens with one attached hydrogen (secondary N) is 1. The summed E-state index contributed by atoms with van der Waals surface area (Å²) >= 11 is 7.56. The summed E-state index contributed by atoms with van der Waals surface area (Å²) in [5.41, 5.74) is 1.07. The number of halogens is 1. The molecule has 2 atom stereocenters. The van der Waals surface area contributed by atoms with Gasteiger partial charge in [0.15, 0.2) is 5.13 Å². The Labute approximate surface area is 114 Å². The Balaban J connectivity index is 1.67. The monoisotopic (exact) mass is 278 g/mol. The molecule has 3 nitrogen and oxygen atoms in total. The molecule has 2 aromatic rings. The molecular formula is C13H11ClN2OS. The lowest BCUT2D eigenvalue weighted by Gasteiger charge is -2.03.